The number of piperazine rings is 1. The lowest BCUT2D eigenvalue weighted by Crippen LogP contribution is -2.59. The first-order chi connectivity index (χ1) is 9.69. The molecule has 2 aliphatic heterocycles. The largest absolute Gasteiger partial charge is 0.363 e. The van der Waals surface area contributed by atoms with E-state index in [1.807, 2.05) is 0 Å². The summed E-state index contributed by atoms with van der Waals surface area (Å²) in [6.45, 7) is 5.07. The van der Waals surface area contributed by atoms with E-state index in [4.69, 9.17) is 0 Å². The van der Waals surface area contributed by atoms with E-state index in [9.17, 15) is 8.78 Å². The summed E-state index contributed by atoms with van der Waals surface area (Å²) in [5.74, 6) is -0.670. The van der Waals surface area contributed by atoms with Crippen LogP contribution in [0.3, 0.4) is 0 Å². The zero-order chi connectivity index (χ0) is 14.1. The maximum atomic E-state index is 14.1. The van der Waals surface area contributed by atoms with Crippen LogP contribution in [0.15, 0.2) is 18.2 Å². The second kappa shape index (κ2) is 5.68. The van der Waals surface area contributed by atoms with Crippen LogP contribution in [0.2, 0.25) is 0 Å². The molecule has 2 unspecified atom stereocenters. The van der Waals surface area contributed by atoms with Crippen molar-refractivity contribution in [2.45, 2.75) is 44.7 Å². The second-order valence-corrected chi connectivity index (χ2v) is 5.95. The Kier molecular flexibility index (Phi) is 3.92. The third-order valence-electron chi connectivity index (χ3n) is 4.73. The molecule has 0 radical (unpaired) electrons. The summed E-state index contributed by atoms with van der Waals surface area (Å²) in [6.07, 6.45) is 4.64. The number of piperidine rings is 1. The number of nitrogens with zero attached hydrogens (tertiary/aromatic N) is 2. The van der Waals surface area contributed by atoms with Crippen molar-refractivity contribution >= 4 is 5.69 Å². The summed E-state index contributed by atoms with van der Waals surface area (Å²) in [5.41, 5.74) is 0.432. The van der Waals surface area contributed by atoms with E-state index in [0.29, 0.717) is 11.7 Å². The van der Waals surface area contributed by atoms with Crippen LogP contribution in [0.4, 0.5) is 14.5 Å². The van der Waals surface area contributed by atoms with Crippen LogP contribution in [-0.4, -0.2) is 36.6 Å². The van der Waals surface area contributed by atoms with E-state index >= 15 is 0 Å². The van der Waals surface area contributed by atoms with Crippen LogP contribution in [-0.2, 0) is 0 Å². The molecule has 20 heavy (non-hydrogen) atoms. The van der Waals surface area contributed by atoms with Crippen molar-refractivity contribution in [1.82, 2.24) is 4.90 Å². The Hall–Kier alpha value is -1.16. The van der Waals surface area contributed by atoms with Crippen molar-refractivity contribution in [2.24, 2.45) is 0 Å². The van der Waals surface area contributed by atoms with E-state index in [-0.39, 0.29) is 17.7 Å². The van der Waals surface area contributed by atoms with Crippen LogP contribution in [0.5, 0.6) is 0 Å². The van der Waals surface area contributed by atoms with Crippen molar-refractivity contribution < 1.29 is 8.78 Å². The lowest BCUT2D eigenvalue weighted by Gasteiger charge is -2.49. The SMILES string of the molecule is CCC1CN2CCCCC2CN1c1cc(F)ccc1F. The van der Waals surface area contributed by atoms with Gasteiger partial charge in [0, 0.05) is 31.2 Å². The van der Waals surface area contributed by atoms with E-state index in [0.717, 1.165) is 26.1 Å². The van der Waals surface area contributed by atoms with E-state index < -0.39 is 0 Å². The van der Waals surface area contributed by atoms with Gasteiger partial charge in [-0.2, -0.15) is 0 Å². The van der Waals surface area contributed by atoms with Gasteiger partial charge in [-0.25, -0.2) is 8.78 Å². The van der Waals surface area contributed by atoms with Crippen LogP contribution in [0.1, 0.15) is 32.6 Å². The van der Waals surface area contributed by atoms with Crippen LogP contribution in [0.25, 0.3) is 0 Å². The predicted octanol–water partition coefficient (Wildman–Crippen LogP) is 3.42. The normalized spacial score (nSPS) is 27.4. The Morgan fingerprint density at radius 1 is 1.20 bits per heavy atom. The molecule has 2 fully saturated rings. The molecule has 4 heteroatoms. The summed E-state index contributed by atoms with van der Waals surface area (Å²) in [7, 11) is 0. The van der Waals surface area contributed by atoms with Crippen LogP contribution in [0, 0.1) is 11.6 Å². The zero-order valence-corrected chi connectivity index (χ0v) is 12.0. The number of hydrogen-bond acceptors (Lipinski definition) is 2. The molecule has 3 rings (SSSR count). The summed E-state index contributed by atoms with van der Waals surface area (Å²) in [4.78, 5) is 4.62. The molecule has 2 atom stereocenters. The molecule has 2 aliphatic rings. The van der Waals surface area contributed by atoms with E-state index in [1.54, 1.807) is 0 Å². The van der Waals surface area contributed by atoms with Crippen molar-refractivity contribution in [3.63, 3.8) is 0 Å². The van der Waals surface area contributed by atoms with E-state index in [2.05, 4.69) is 16.7 Å². The first-order valence-corrected chi connectivity index (χ1v) is 7.64. The molecule has 1 aromatic carbocycles. The van der Waals surface area contributed by atoms with Crippen molar-refractivity contribution in [2.75, 3.05) is 24.5 Å². The third-order valence-corrected chi connectivity index (χ3v) is 4.73. The Morgan fingerprint density at radius 3 is 2.85 bits per heavy atom. The summed E-state index contributed by atoms with van der Waals surface area (Å²) in [5, 5.41) is 0. The highest BCUT2D eigenvalue weighted by atomic mass is 19.1. The molecule has 0 N–H and O–H groups in total. The molecule has 2 heterocycles. The van der Waals surface area contributed by atoms with Gasteiger partial charge in [0.1, 0.15) is 11.6 Å². The minimum Gasteiger partial charge on any atom is -0.363 e. The molecule has 0 spiro atoms. The molecule has 110 valence electrons. The summed E-state index contributed by atoms with van der Waals surface area (Å²) in [6, 6.07) is 4.55. The monoisotopic (exact) mass is 280 g/mol. The fourth-order valence-corrected chi connectivity index (χ4v) is 3.60. The highest BCUT2D eigenvalue weighted by Gasteiger charge is 2.35. The predicted molar refractivity (Wildman–Crippen MR) is 77.0 cm³/mol. The maximum Gasteiger partial charge on any atom is 0.146 e. The van der Waals surface area contributed by atoms with Crippen LogP contribution < -0.4 is 4.90 Å². The van der Waals surface area contributed by atoms with Gasteiger partial charge in [0.25, 0.3) is 0 Å². The molecular weight excluding hydrogens is 258 g/mol. The van der Waals surface area contributed by atoms with Gasteiger partial charge in [0.15, 0.2) is 0 Å². The van der Waals surface area contributed by atoms with Gasteiger partial charge in [-0.15, -0.1) is 0 Å². The third kappa shape index (κ3) is 2.53. The standard InChI is InChI=1S/C16H22F2N2/c1-2-13-10-19-8-4-3-5-14(19)11-20(13)16-9-12(17)6-7-15(16)18/h6-7,9,13-14H,2-5,8,10-11H2,1H3. The molecular formula is C16H22F2N2. The number of anilines is 1. The molecule has 0 aromatic heterocycles. The summed E-state index contributed by atoms with van der Waals surface area (Å²) < 4.78 is 27.5. The average molecular weight is 280 g/mol. The van der Waals surface area contributed by atoms with Gasteiger partial charge in [-0.1, -0.05) is 13.3 Å². The molecule has 2 nitrogen and oxygen atoms in total. The Bertz CT molecular complexity index is 478. The van der Waals surface area contributed by atoms with Gasteiger partial charge >= 0.3 is 0 Å². The number of hydrogen-bond donors (Lipinski definition) is 0. The first-order valence-electron chi connectivity index (χ1n) is 7.64. The Labute approximate surface area is 119 Å². The number of rotatable bonds is 2. The highest BCUT2D eigenvalue weighted by molar-refractivity contribution is 5.50. The quantitative estimate of drug-likeness (QED) is 0.819. The Balaban J connectivity index is 1.88. The molecule has 0 amide bonds. The molecule has 1 aromatic rings. The van der Waals surface area contributed by atoms with Crippen LogP contribution >= 0.6 is 0 Å². The van der Waals surface area contributed by atoms with Gasteiger partial charge in [0.05, 0.1) is 5.69 Å². The fraction of sp³-hybridized carbons (Fsp3) is 0.625. The topological polar surface area (TPSA) is 6.48 Å². The van der Waals surface area contributed by atoms with Gasteiger partial charge < -0.3 is 4.90 Å². The number of fused-ring (bicyclic) bond motifs is 1. The average Bonchev–Trinajstić information content (AvgIpc) is 2.48. The second-order valence-electron chi connectivity index (χ2n) is 5.95. The lowest BCUT2D eigenvalue weighted by atomic mass is 9.95. The van der Waals surface area contributed by atoms with Crippen molar-refractivity contribution in [3.05, 3.63) is 29.8 Å². The van der Waals surface area contributed by atoms with Crippen molar-refractivity contribution in [1.29, 1.82) is 0 Å². The van der Waals surface area contributed by atoms with Crippen molar-refractivity contribution in [3.8, 4) is 0 Å². The molecule has 0 aliphatic carbocycles. The van der Waals surface area contributed by atoms with Gasteiger partial charge in [-0.05, 0) is 37.9 Å². The minimum atomic E-state index is -0.359. The van der Waals surface area contributed by atoms with Gasteiger partial charge in [0.2, 0.25) is 0 Å². The van der Waals surface area contributed by atoms with Gasteiger partial charge in [-0.3, -0.25) is 4.90 Å². The molecule has 0 bridgehead atoms. The molecule has 0 saturated carbocycles. The maximum absolute atomic E-state index is 14.1. The zero-order valence-electron chi connectivity index (χ0n) is 12.0. The fourth-order valence-electron chi connectivity index (χ4n) is 3.60. The minimum absolute atomic E-state index is 0.278. The highest BCUT2D eigenvalue weighted by Crippen LogP contribution is 2.31. The lowest BCUT2D eigenvalue weighted by molar-refractivity contribution is 0.110. The number of halogens is 2. The molecule has 2 saturated heterocycles. The summed E-state index contributed by atoms with van der Waals surface area (Å²) >= 11 is 0. The number of benzene rings is 1. The van der Waals surface area contributed by atoms with E-state index in [1.165, 1.54) is 37.5 Å². The Morgan fingerprint density at radius 2 is 2.05 bits per heavy atom. The first kappa shape index (κ1) is 13.8. The smallest absolute Gasteiger partial charge is 0.146 e.